The molecule has 0 N–H and O–H groups in total. The van der Waals surface area contributed by atoms with Gasteiger partial charge in [-0.3, -0.25) is 0 Å². The van der Waals surface area contributed by atoms with Gasteiger partial charge in [-0.1, -0.05) is 26.2 Å². The topological polar surface area (TPSA) is 27.7 Å². The first-order valence-electron chi connectivity index (χ1n) is 5.87. The summed E-state index contributed by atoms with van der Waals surface area (Å²) in [6.45, 7) is 2.25. The van der Waals surface area contributed by atoms with Gasteiger partial charge in [0, 0.05) is 27.2 Å². The highest BCUT2D eigenvalue weighted by atomic mass is 16.9. The Kier molecular flexibility index (Phi) is 5.03. The maximum Gasteiger partial charge on any atom is 0.285 e. The van der Waals surface area contributed by atoms with Crippen molar-refractivity contribution in [3.63, 3.8) is 0 Å². The van der Waals surface area contributed by atoms with Crippen LogP contribution in [-0.2, 0) is 14.2 Å². The predicted octanol–water partition coefficient (Wildman–Crippen LogP) is 2.80. The van der Waals surface area contributed by atoms with Crippen molar-refractivity contribution in [3.8, 4) is 0 Å². The summed E-state index contributed by atoms with van der Waals surface area (Å²) in [5.74, 6) is 0.327. The predicted molar refractivity (Wildman–Crippen MR) is 59.5 cm³/mol. The van der Waals surface area contributed by atoms with E-state index >= 15 is 0 Å². The molecule has 0 aromatic carbocycles. The molecule has 0 aromatic rings. The van der Waals surface area contributed by atoms with Crippen molar-refractivity contribution < 1.29 is 14.2 Å². The normalized spacial score (nSPS) is 28.0. The van der Waals surface area contributed by atoms with Gasteiger partial charge in [-0.05, 0) is 18.8 Å². The molecular formula is C12H24O3. The van der Waals surface area contributed by atoms with Gasteiger partial charge in [-0.15, -0.1) is 0 Å². The Hall–Kier alpha value is -0.120. The van der Waals surface area contributed by atoms with Gasteiger partial charge in [-0.25, -0.2) is 0 Å². The number of hydrogen-bond donors (Lipinski definition) is 0. The summed E-state index contributed by atoms with van der Waals surface area (Å²) in [5.41, 5.74) is 0. The Morgan fingerprint density at radius 2 is 1.67 bits per heavy atom. The quantitative estimate of drug-likeness (QED) is 0.661. The van der Waals surface area contributed by atoms with Crippen molar-refractivity contribution in [2.45, 2.75) is 45.0 Å². The standard InChI is InChI=1S/C12H24O3/c1-5-10-7-6-8-11(9-10)12(13-2,14-3)15-4/h10-11H,5-9H2,1-4H3. The minimum atomic E-state index is -0.826. The Morgan fingerprint density at radius 1 is 1.07 bits per heavy atom. The highest BCUT2D eigenvalue weighted by Crippen LogP contribution is 2.39. The zero-order valence-corrected chi connectivity index (χ0v) is 10.4. The molecule has 0 spiro atoms. The largest absolute Gasteiger partial charge is 0.331 e. The van der Waals surface area contributed by atoms with Crippen LogP contribution in [-0.4, -0.2) is 27.3 Å². The molecule has 15 heavy (non-hydrogen) atoms. The summed E-state index contributed by atoms with van der Waals surface area (Å²) >= 11 is 0. The molecule has 1 fully saturated rings. The Bertz CT molecular complexity index is 169. The summed E-state index contributed by atoms with van der Waals surface area (Å²) in [4.78, 5) is 0. The van der Waals surface area contributed by atoms with E-state index in [0.29, 0.717) is 5.92 Å². The van der Waals surface area contributed by atoms with E-state index in [1.165, 1.54) is 19.3 Å². The van der Waals surface area contributed by atoms with E-state index in [1.807, 2.05) is 0 Å². The minimum absolute atomic E-state index is 0.358. The summed E-state index contributed by atoms with van der Waals surface area (Å²) in [7, 11) is 4.97. The lowest BCUT2D eigenvalue weighted by Crippen LogP contribution is -2.45. The zero-order chi connectivity index (χ0) is 11.3. The van der Waals surface area contributed by atoms with E-state index in [1.54, 1.807) is 21.3 Å². The lowest BCUT2D eigenvalue weighted by molar-refractivity contribution is -0.383. The first-order valence-corrected chi connectivity index (χ1v) is 5.87. The third kappa shape index (κ3) is 2.71. The van der Waals surface area contributed by atoms with Gasteiger partial charge in [0.1, 0.15) is 0 Å². The summed E-state index contributed by atoms with van der Waals surface area (Å²) in [6.07, 6.45) is 6.10. The molecule has 90 valence electrons. The third-order valence-corrected chi connectivity index (χ3v) is 3.71. The van der Waals surface area contributed by atoms with Crippen LogP contribution < -0.4 is 0 Å². The summed E-state index contributed by atoms with van der Waals surface area (Å²) < 4.78 is 16.3. The average Bonchev–Trinajstić information content (AvgIpc) is 2.32. The zero-order valence-electron chi connectivity index (χ0n) is 10.4. The van der Waals surface area contributed by atoms with Gasteiger partial charge >= 0.3 is 0 Å². The fourth-order valence-electron chi connectivity index (χ4n) is 2.73. The second-order valence-electron chi connectivity index (χ2n) is 4.35. The van der Waals surface area contributed by atoms with E-state index in [2.05, 4.69) is 6.92 Å². The van der Waals surface area contributed by atoms with Crippen LogP contribution in [0.1, 0.15) is 39.0 Å². The molecular weight excluding hydrogens is 192 g/mol. The van der Waals surface area contributed by atoms with Gasteiger partial charge in [0.05, 0.1) is 0 Å². The summed E-state index contributed by atoms with van der Waals surface area (Å²) in [5, 5.41) is 0. The first kappa shape index (κ1) is 12.9. The van der Waals surface area contributed by atoms with Crippen molar-refractivity contribution in [3.05, 3.63) is 0 Å². The van der Waals surface area contributed by atoms with Crippen LogP contribution in [0.4, 0.5) is 0 Å². The van der Waals surface area contributed by atoms with Crippen LogP contribution in [0.3, 0.4) is 0 Å². The van der Waals surface area contributed by atoms with E-state index in [4.69, 9.17) is 14.2 Å². The van der Waals surface area contributed by atoms with Crippen LogP contribution in [0.15, 0.2) is 0 Å². The molecule has 0 amide bonds. The Balaban J connectivity index is 2.66. The van der Waals surface area contributed by atoms with Crippen LogP contribution >= 0.6 is 0 Å². The molecule has 1 aliphatic carbocycles. The second kappa shape index (κ2) is 5.83. The van der Waals surface area contributed by atoms with Gasteiger partial charge in [0.2, 0.25) is 0 Å². The van der Waals surface area contributed by atoms with Crippen LogP contribution in [0.2, 0.25) is 0 Å². The number of ether oxygens (including phenoxy) is 3. The number of methoxy groups -OCH3 is 3. The second-order valence-corrected chi connectivity index (χ2v) is 4.35. The first-order chi connectivity index (χ1) is 7.22. The molecule has 0 heterocycles. The Labute approximate surface area is 93.1 Å². The fraction of sp³-hybridized carbons (Fsp3) is 1.00. The van der Waals surface area contributed by atoms with Crippen molar-refractivity contribution in [1.29, 1.82) is 0 Å². The molecule has 3 nitrogen and oxygen atoms in total. The molecule has 3 heteroatoms. The fourth-order valence-corrected chi connectivity index (χ4v) is 2.73. The number of hydrogen-bond acceptors (Lipinski definition) is 3. The van der Waals surface area contributed by atoms with Gasteiger partial charge in [0.15, 0.2) is 0 Å². The van der Waals surface area contributed by atoms with Crippen LogP contribution in [0.25, 0.3) is 0 Å². The molecule has 0 saturated heterocycles. The lowest BCUT2D eigenvalue weighted by Gasteiger charge is -2.40. The SMILES string of the molecule is CCC1CCCC(C(OC)(OC)OC)C1. The molecule has 2 unspecified atom stereocenters. The highest BCUT2D eigenvalue weighted by Gasteiger charge is 2.42. The van der Waals surface area contributed by atoms with Gasteiger partial charge in [0.25, 0.3) is 5.97 Å². The van der Waals surface area contributed by atoms with Crippen molar-refractivity contribution in [2.24, 2.45) is 11.8 Å². The van der Waals surface area contributed by atoms with E-state index in [9.17, 15) is 0 Å². The maximum atomic E-state index is 5.42. The van der Waals surface area contributed by atoms with Crippen LogP contribution in [0, 0.1) is 11.8 Å². The lowest BCUT2D eigenvalue weighted by atomic mass is 9.79. The smallest absolute Gasteiger partial charge is 0.285 e. The van der Waals surface area contributed by atoms with E-state index in [0.717, 1.165) is 18.8 Å². The number of rotatable bonds is 5. The van der Waals surface area contributed by atoms with Crippen molar-refractivity contribution in [2.75, 3.05) is 21.3 Å². The molecule has 1 saturated carbocycles. The molecule has 1 rings (SSSR count). The molecule has 0 bridgehead atoms. The van der Waals surface area contributed by atoms with Crippen molar-refractivity contribution >= 4 is 0 Å². The molecule has 1 aliphatic rings. The Morgan fingerprint density at radius 3 is 2.13 bits per heavy atom. The van der Waals surface area contributed by atoms with Crippen LogP contribution in [0.5, 0.6) is 0 Å². The van der Waals surface area contributed by atoms with E-state index < -0.39 is 5.97 Å². The van der Waals surface area contributed by atoms with Crippen molar-refractivity contribution in [1.82, 2.24) is 0 Å². The monoisotopic (exact) mass is 216 g/mol. The molecule has 0 aliphatic heterocycles. The molecule has 0 aromatic heterocycles. The highest BCUT2D eigenvalue weighted by molar-refractivity contribution is 4.79. The minimum Gasteiger partial charge on any atom is -0.331 e. The average molecular weight is 216 g/mol. The van der Waals surface area contributed by atoms with Gasteiger partial charge < -0.3 is 14.2 Å². The van der Waals surface area contributed by atoms with Gasteiger partial charge in [-0.2, -0.15) is 0 Å². The third-order valence-electron chi connectivity index (χ3n) is 3.71. The molecule has 0 radical (unpaired) electrons. The maximum absolute atomic E-state index is 5.42. The molecule has 2 atom stereocenters. The van der Waals surface area contributed by atoms with E-state index in [-0.39, 0.29) is 0 Å². The summed E-state index contributed by atoms with van der Waals surface area (Å²) in [6, 6.07) is 0.